The van der Waals surface area contributed by atoms with Gasteiger partial charge in [-0.2, -0.15) is 0 Å². The molecule has 5 nitrogen and oxygen atoms in total. The Bertz CT molecular complexity index is 397. The van der Waals surface area contributed by atoms with Gasteiger partial charge in [-0.05, 0) is 12.1 Å². The number of carbonyl (C=O) groups is 1. The van der Waals surface area contributed by atoms with E-state index < -0.39 is 0 Å². The minimum atomic E-state index is -0.0452. The molecule has 104 valence electrons. The summed E-state index contributed by atoms with van der Waals surface area (Å²) < 4.78 is 10.7. The van der Waals surface area contributed by atoms with Gasteiger partial charge in [-0.15, -0.1) is 0 Å². The molecule has 1 aliphatic heterocycles. The average Bonchev–Trinajstić information content (AvgIpc) is 2.89. The highest BCUT2D eigenvalue weighted by Crippen LogP contribution is 2.17. The number of likely N-dealkylation sites (tertiary alicyclic amines) is 1. The molecule has 0 bridgehead atoms. The molecule has 0 aliphatic carbocycles. The lowest BCUT2D eigenvalue weighted by Crippen LogP contribution is -2.40. The summed E-state index contributed by atoms with van der Waals surface area (Å²) in [4.78, 5) is 13.6. The van der Waals surface area contributed by atoms with Crippen molar-refractivity contribution in [2.45, 2.75) is 12.5 Å². The zero-order valence-corrected chi connectivity index (χ0v) is 11.2. The maximum Gasteiger partial charge on any atom is 0.317 e. The van der Waals surface area contributed by atoms with Crippen LogP contribution in [0.25, 0.3) is 0 Å². The molecular formula is C14H20N2O3. The standard InChI is InChI=1S/C14H20N2O3/c1-18-10-8-15-14(17)16-9-7-13(11-16)19-12-5-3-2-4-6-12/h2-6,13H,7-11H2,1H3,(H,15,17)/t13-/m0/s1. The van der Waals surface area contributed by atoms with E-state index in [2.05, 4.69) is 5.32 Å². The molecule has 1 aliphatic rings. The summed E-state index contributed by atoms with van der Waals surface area (Å²) >= 11 is 0. The lowest BCUT2D eigenvalue weighted by Gasteiger charge is -2.17. The number of amides is 2. The van der Waals surface area contributed by atoms with E-state index in [1.807, 2.05) is 30.3 Å². The van der Waals surface area contributed by atoms with Crippen LogP contribution in [0.4, 0.5) is 4.79 Å². The number of urea groups is 1. The summed E-state index contributed by atoms with van der Waals surface area (Å²) in [5, 5.41) is 2.82. The molecule has 1 saturated heterocycles. The largest absolute Gasteiger partial charge is 0.489 e. The van der Waals surface area contributed by atoms with E-state index in [0.717, 1.165) is 18.7 Å². The van der Waals surface area contributed by atoms with Crippen molar-refractivity contribution in [2.75, 3.05) is 33.4 Å². The van der Waals surface area contributed by atoms with E-state index in [1.165, 1.54) is 0 Å². The lowest BCUT2D eigenvalue weighted by molar-refractivity contribution is 0.176. The first kappa shape index (κ1) is 13.7. The van der Waals surface area contributed by atoms with Gasteiger partial charge < -0.3 is 19.7 Å². The molecule has 0 saturated carbocycles. The van der Waals surface area contributed by atoms with Gasteiger partial charge in [0.2, 0.25) is 0 Å². The minimum absolute atomic E-state index is 0.0452. The fourth-order valence-electron chi connectivity index (χ4n) is 2.07. The van der Waals surface area contributed by atoms with Crippen LogP contribution in [-0.2, 0) is 4.74 Å². The molecule has 1 aromatic carbocycles. The highest BCUT2D eigenvalue weighted by atomic mass is 16.5. The third-order valence-corrected chi connectivity index (χ3v) is 3.06. The minimum Gasteiger partial charge on any atom is -0.489 e. The van der Waals surface area contributed by atoms with Gasteiger partial charge in [-0.25, -0.2) is 4.79 Å². The van der Waals surface area contributed by atoms with E-state index in [0.29, 0.717) is 19.7 Å². The highest BCUT2D eigenvalue weighted by Gasteiger charge is 2.27. The van der Waals surface area contributed by atoms with Crippen LogP contribution in [0, 0.1) is 0 Å². The first-order valence-corrected chi connectivity index (χ1v) is 6.53. The van der Waals surface area contributed by atoms with Crippen LogP contribution < -0.4 is 10.1 Å². The Morgan fingerprint density at radius 3 is 2.95 bits per heavy atom. The molecule has 1 aromatic rings. The monoisotopic (exact) mass is 264 g/mol. The number of nitrogens with one attached hydrogen (secondary N) is 1. The fourth-order valence-corrected chi connectivity index (χ4v) is 2.07. The van der Waals surface area contributed by atoms with Gasteiger partial charge in [0, 0.05) is 26.6 Å². The predicted octanol–water partition coefficient (Wildman–Crippen LogP) is 1.50. The first-order chi connectivity index (χ1) is 9.29. The lowest BCUT2D eigenvalue weighted by atomic mass is 10.3. The molecule has 0 spiro atoms. The number of nitrogens with zero attached hydrogens (tertiary/aromatic N) is 1. The van der Waals surface area contributed by atoms with Crippen molar-refractivity contribution in [2.24, 2.45) is 0 Å². The van der Waals surface area contributed by atoms with Crippen molar-refractivity contribution >= 4 is 6.03 Å². The number of hydrogen-bond acceptors (Lipinski definition) is 3. The van der Waals surface area contributed by atoms with Crippen molar-refractivity contribution in [1.29, 1.82) is 0 Å². The molecular weight excluding hydrogens is 244 g/mol. The predicted molar refractivity (Wildman–Crippen MR) is 72.3 cm³/mol. The summed E-state index contributed by atoms with van der Waals surface area (Å²) in [5.41, 5.74) is 0. The molecule has 19 heavy (non-hydrogen) atoms. The molecule has 2 rings (SSSR count). The number of para-hydroxylation sites is 1. The second-order valence-corrected chi connectivity index (χ2v) is 4.51. The van der Waals surface area contributed by atoms with Crippen LogP contribution in [0.2, 0.25) is 0 Å². The van der Waals surface area contributed by atoms with Crippen molar-refractivity contribution in [3.05, 3.63) is 30.3 Å². The van der Waals surface area contributed by atoms with Crippen molar-refractivity contribution in [1.82, 2.24) is 10.2 Å². The second kappa shape index (κ2) is 6.99. The number of hydrogen-bond donors (Lipinski definition) is 1. The molecule has 0 aromatic heterocycles. The zero-order chi connectivity index (χ0) is 13.5. The van der Waals surface area contributed by atoms with Crippen LogP contribution in [0.15, 0.2) is 30.3 Å². The third-order valence-electron chi connectivity index (χ3n) is 3.06. The summed E-state index contributed by atoms with van der Waals surface area (Å²) in [5.74, 6) is 0.856. The normalized spacial score (nSPS) is 18.4. The van der Waals surface area contributed by atoms with E-state index in [1.54, 1.807) is 12.0 Å². The Morgan fingerprint density at radius 1 is 1.42 bits per heavy atom. The Morgan fingerprint density at radius 2 is 2.21 bits per heavy atom. The van der Waals surface area contributed by atoms with E-state index in [4.69, 9.17) is 9.47 Å². The van der Waals surface area contributed by atoms with Gasteiger partial charge >= 0.3 is 6.03 Å². The van der Waals surface area contributed by atoms with Gasteiger partial charge in [0.1, 0.15) is 11.9 Å². The van der Waals surface area contributed by atoms with Crippen LogP contribution in [0.3, 0.4) is 0 Å². The molecule has 0 radical (unpaired) electrons. The maximum absolute atomic E-state index is 11.8. The molecule has 1 heterocycles. The van der Waals surface area contributed by atoms with Crippen LogP contribution in [0.1, 0.15) is 6.42 Å². The van der Waals surface area contributed by atoms with Crippen molar-refractivity contribution in [3.63, 3.8) is 0 Å². The van der Waals surface area contributed by atoms with Gasteiger partial charge in [-0.1, -0.05) is 18.2 Å². The number of rotatable bonds is 5. The summed E-state index contributed by atoms with van der Waals surface area (Å²) in [6.07, 6.45) is 0.947. The quantitative estimate of drug-likeness (QED) is 0.820. The third kappa shape index (κ3) is 4.13. The number of carbonyl (C=O) groups excluding carboxylic acids is 1. The molecule has 1 atom stereocenters. The summed E-state index contributed by atoms with van der Waals surface area (Å²) in [7, 11) is 1.62. The Kier molecular flexibility index (Phi) is 5.03. The van der Waals surface area contributed by atoms with Gasteiger partial charge in [-0.3, -0.25) is 0 Å². The van der Waals surface area contributed by atoms with Crippen LogP contribution >= 0.6 is 0 Å². The Labute approximate surface area is 113 Å². The summed E-state index contributed by atoms with van der Waals surface area (Å²) in [6, 6.07) is 9.66. The Balaban J connectivity index is 1.75. The van der Waals surface area contributed by atoms with Crippen molar-refractivity contribution < 1.29 is 14.3 Å². The second-order valence-electron chi connectivity index (χ2n) is 4.51. The molecule has 1 fully saturated rings. The van der Waals surface area contributed by atoms with E-state index in [9.17, 15) is 4.79 Å². The fraction of sp³-hybridized carbons (Fsp3) is 0.500. The van der Waals surface area contributed by atoms with Gasteiger partial charge in [0.15, 0.2) is 0 Å². The number of ether oxygens (including phenoxy) is 2. The summed E-state index contributed by atoms with van der Waals surface area (Å²) in [6.45, 7) is 2.43. The zero-order valence-electron chi connectivity index (χ0n) is 11.2. The number of methoxy groups -OCH3 is 1. The molecule has 0 unspecified atom stereocenters. The Hall–Kier alpha value is -1.75. The molecule has 2 amide bonds. The van der Waals surface area contributed by atoms with Crippen LogP contribution in [0.5, 0.6) is 5.75 Å². The topological polar surface area (TPSA) is 50.8 Å². The average molecular weight is 264 g/mol. The van der Waals surface area contributed by atoms with Gasteiger partial charge in [0.25, 0.3) is 0 Å². The number of benzene rings is 1. The van der Waals surface area contributed by atoms with Crippen LogP contribution in [-0.4, -0.2) is 50.4 Å². The molecule has 5 heteroatoms. The maximum atomic E-state index is 11.8. The first-order valence-electron chi connectivity index (χ1n) is 6.53. The van der Waals surface area contributed by atoms with Gasteiger partial charge in [0.05, 0.1) is 13.2 Å². The van der Waals surface area contributed by atoms with E-state index in [-0.39, 0.29) is 12.1 Å². The highest BCUT2D eigenvalue weighted by molar-refractivity contribution is 5.74. The van der Waals surface area contributed by atoms with E-state index >= 15 is 0 Å². The SMILES string of the molecule is COCCNC(=O)N1CC[C@H](Oc2ccccc2)C1. The van der Waals surface area contributed by atoms with Crippen molar-refractivity contribution in [3.8, 4) is 5.75 Å². The molecule has 1 N–H and O–H groups in total. The smallest absolute Gasteiger partial charge is 0.317 e.